The average Bonchev–Trinajstić information content (AvgIpc) is 1.63. The van der Waals surface area contributed by atoms with Crippen LogP contribution in [0.25, 0.3) is 0 Å². The van der Waals surface area contributed by atoms with Crippen molar-refractivity contribution >= 4 is 0 Å². The molecule has 0 heterocycles. The fourth-order valence-electron chi connectivity index (χ4n) is 0.471. The molecule has 0 saturated carbocycles. The molecule has 0 aliphatic heterocycles. The molecule has 2 nitrogen and oxygen atoms in total. The van der Waals surface area contributed by atoms with Crippen LogP contribution in [0.15, 0.2) is 0 Å². The van der Waals surface area contributed by atoms with Crippen molar-refractivity contribution in [2.75, 3.05) is 27.2 Å². The van der Waals surface area contributed by atoms with Gasteiger partial charge in [0.05, 0.1) is 12.7 Å². The lowest BCUT2D eigenvalue weighted by atomic mass is 10.5. The first-order valence-electron chi connectivity index (χ1n) is 3.39. The van der Waals surface area contributed by atoms with Crippen LogP contribution in [-0.2, 0) is 4.74 Å². The lowest BCUT2D eigenvalue weighted by Crippen LogP contribution is -2.19. The van der Waals surface area contributed by atoms with Crippen molar-refractivity contribution < 1.29 is 4.74 Å². The Morgan fingerprint density at radius 3 is 2.22 bits per heavy atom. The van der Waals surface area contributed by atoms with E-state index in [-0.39, 0.29) is 0 Å². The van der Waals surface area contributed by atoms with Crippen molar-refractivity contribution in [3.05, 3.63) is 0 Å². The molecule has 0 rings (SSSR count). The highest BCUT2D eigenvalue weighted by Gasteiger charge is 1.92. The second kappa shape index (κ2) is 4.77. The monoisotopic (exact) mass is 131 g/mol. The molecule has 56 valence electrons. The van der Waals surface area contributed by atoms with Crippen LogP contribution in [0.1, 0.15) is 13.8 Å². The lowest BCUT2D eigenvalue weighted by Gasteiger charge is -2.11. The minimum atomic E-state index is 0.366. The van der Waals surface area contributed by atoms with Crippen LogP contribution in [0.5, 0.6) is 0 Å². The molecule has 0 aromatic rings. The van der Waals surface area contributed by atoms with Crippen molar-refractivity contribution in [1.29, 1.82) is 0 Å². The highest BCUT2D eigenvalue weighted by Crippen LogP contribution is 1.86. The predicted octanol–water partition coefficient (Wildman–Crippen LogP) is 0.973. The van der Waals surface area contributed by atoms with Crippen LogP contribution in [0, 0.1) is 0 Å². The summed E-state index contributed by atoms with van der Waals surface area (Å²) in [4.78, 5) is 2.11. The Morgan fingerprint density at radius 1 is 1.33 bits per heavy atom. The van der Waals surface area contributed by atoms with Gasteiger partial charge >= 0.3 is 0 Å². The first-order chi connectivity index (χ1) is 4.13. The molecule has 0 N–H and O–H groups in total. The van der Waals surface area contributed by atoms with Crippen LogP contribution >= 0.6 is 0 Å². The van der Waals surface area contributed by atoms with Gasteiger partial charge in [-0.15, -0.1) is 0 Å². The quantitative estimate of drug-likeness (QED) is 0.563. The number of hydrogen-bond acceptors (Lipinski definition) is 2. The minimum absolute atomic E-state index is 0.366. The topological polar surface area (TPSA) is 12.5 Å². The van der Waals surface area contributed by atoms with Gasteiger partial charge in [-0.1, -0.05) is 0 Å². The molecule has 0 fully saturated rings. The highest BCUT2D eigenvalue weighted by molar-refractivity contribution is 4.42. The minimum Gasteiger partial charge on any atom is -0.377 e. The molecular weight excluding hydrogens is 114 g/mol. The van der Waals surface area contributed by atoms with Crippen LogP contribution < -0.4 is 0 Å². The van der Waals surface area contributed by atoms with Gasteiger partial charge in [0.1, 0.15) is 0 Å². The van der Waals surface area contributed by atoms with Gasteiger partial charge in [-0.3, -0.25) is 0 Å². The zero-order chi connectivity index (χ0) is 7.28. The van der Waals surface area contributed by atoms with Crippen molar-refractivity contribution in [2.24, 2.45) is 0 Å². The maximum absolute atomic E-state index is 5.31. The van der Waals surface area contributed by atoms with E-state index in [2.05, 4.69) is 18.7 Å². The van der Waals surface area contributed by atoms with E-state index in [4.69, 9.17) is 4.74 Å². The van der Waals surface area contributed by atoms with Crippen molar-refractivity contribution in [3.63, 3.8) is 0 Å². The lowest BCUT2D eigenvalue weighted by molar-refractivity contribution is 0.0678. The predicted molar refractivity (Wildman–Crippen MR) is 39.6 cm³/mol. The zero-order valence-corrected chi connectivity index (χ0v) is 6.85. The van der Waals surface area contributed by atoms with Crippen molar-refractivity contribution in [3.8, 4) is 0 Å². The summed E-state index contributed by atoms with van der Waals surface area (Å²) in [5, 5.41) is 0. The van der Waals surface area contributed by atoms with Gasteiger partial charge in [0.25, 0.3) is 0 Å². The summed E-state index contributed by atoms with van der Waals surface area (Å²) in [5.41, 5.74) is 0. The number of ether oxygens (including phenoxy) is 1. The van der Waals surface area contributed by atoms with Crippen LogP contribution in [-0.4, -0.2) is 38.3 Å². The Kier molecular flexibility index (Phi) is 4.72. The third kappa shape index (κ3) is 7.92. The van der Waals surface area contributed by atoms with E-state index in [9.17, 15) is 0 Å². The first kappa shape index (κ1) is 8.92. The fraction of sp³-hybridized carbons (Fsp3) is 1.00. The third-order valence-electron chi connectivity index (χ3n) is 0.990. The summed E-state index contributed by atoms with van der Waals surface area (Å²) in [5.74, 6) is 0. The van der Waals surface area contributed by atoms with E-state index in [0.29, 0.717) is 6.10 Å². The number of rotatable bonds is 4. The molecule has 0 radical (unpaired) electrons. The van der Waals surface area contributed by atoms with Gasteiger partial charge in [0.15, 0.2) is 0 Å². The van der Waals surface area contributed by atoms with E-state index < -0.39 is 0 Å². The van der Waals surface area contributed by atoms with Crippen LogP contribution in [0.2, 0.25) is 0 Å². The molecule has 9 heavy (non-hydrogen) atoms. The van der Waals surface area contributed by atoms with Gasteiger partial charge in [0, 0.05) is 6.54 Å². The SMILES string of the molecule is CC(C)OCCN(C)C. The molecule has 0 saturated heterocycles. The van der Waals surface area contributed by atoms with Gasteiger partial charge < -0.3 is 9.64 Å². The van der Waals surface area contributed by atoms with E-state index >= 15 is 0 Å². The van der Waals surface area contributed by atoms with Gasteiger partial charge in [-0.25, -0.2) is 0 Å². The Labute approximate surface area is 57.8 Å². The van der Waals surface area contributed by atoms with Gasteiger partial charge in [-0.05, 0) is 27.9 Å². The normalized spacial score (nSPS) is 11.3. The second-order valence-electron chi connectivity index (χ2n) is 2.72. The number of likely N-dealkylation sites (N-methyl/N-ethyl adjacent to an activating group) is 1. The van der Waals surface area contributed by atoms with E-state index in [1.807, 2.05) is 14.1 Å². The average molecular weight is 131 g/mol. The molecule has 0 aromatic heterocycles. The molecule has 0 aromatic carbocycles. The Hall–Kier alpha value is -0.0800. The molecule has 0 unspecified atom stereocenters. The molecule has 2 heteroatoms. The molecule has 0 aliphatic carbocycles. The highest BCUT2D eigenvalue weighted by atomic mass is 16.5. The van der Waals surface area contributed by atoms with E-state index in [1.54, 1.807) is 0 Å². The second-order valence-corrected chi connectivity index (χ2v) is 2.72. The number of nitrogens with zero attached hydrogens (tertiary/aromatic N) is 1. The zero-order valence-electron chi connectivity index (χ0n) is 6.85. The molecule has 0 spiro atoms. The van der Waals surface area contributed by atoms with Crippen LogP contribution in [0.4, 0.5) is 0 Å². The summed E-state index contributed by atoms with van der Waals surface area (Å²) in [6, 6.07) is 0. The van der Waals surface area contributed by atoms with Crippen molar-refractivity contribution in [2.45, 2.75) is 20.0 Å². The van der Waals surface area contributed by atoms with E-state index in [0.717, 1.165) is 13.2 Å². The maximum atomic E-state index is 5.31. The number of hydrogen-bond donors (Lipinski definition) is 0. The fourth-order valence-corrected chi connectivity index (χ4v) is 0.471. The Balaban J connectivity index is 2.91. The Bertz CT molecular complexity index is 53.9. The summed E-state index contributed by atoms with van der Waals surface area (Å²) >= 11 is 0. The largest absolute Gasteiger partial charge is 0.377 e. The molecule has 0 amide bonds. The standard InChI is InChI=1S/C7H17NO/c1-7(2)9-6-5-8(3)4/h7H,5-6H2,1-4H3. The molecule has 0 atom stereocenters. The van der Waals surface area contributed by atoms with Crippen LogP contribution in [0.3, 0.4) is 0 Å². The van der Waals surface area contributed by atoms with Gasteiger partial charge in [0.2, 0.25) is 0 Å². The summed E-state index contributed by atoms with van der Waals surface area (Å²) in [6.07, 6.45) is 0.366. The summed E-state index contributed by atoms with van der Waals surface area (Å²) in [7, 11) is 4.09. The van der Waals surface area contributed by atoms with E-state index in [1.165, 1.54) is 0 Å². The maximum Gasteiger partial charge on any atom is 0.0596 e. The van der Waals surface area contributed by atoms with Crippen molar-refractivity contribution in [1.82, 2.24) is 4.90 Å². The molecule has 0 aliphatic rings. The molecular formula is C7H17NO. The summed E-state index contributed by atoms with van der Waals surface area (Å²) in [6.45, 7) is 5.95. The Morgan fingerprint density at radius 2 is 1.89 bits per heavy atom. The smallest absolute Gasteiger partial charge is 0.0596 e. The third-order valence-corrected chi connectivity index (χ3v) is 0.990. The van der Waals surface area contributed by atoms with Gasteiger partial charge in [-0.2, -0.15) is 0 Å². The first-order valence-corrected chi connectivity index (χ1v) is 3.39. The molecule has 0 bridgehead atoms. The summed E-state index contributed by atoms with van der Waals surface area (Å²) < 4.78 is 5.31.